The number of rotatable bonds is 5. The van der Waals surface area contributed by atoms with Gasteiger partial charge in [0.2, 0.25) is 10.0 Å². The van der Waals surface area contributed by atoms with Crippen LogP contribution >= 0.6 is 0 Å². The summed E-state index contributed by atoms with van der Waals surface area (Å²) in [7, 11) is -2.27. The van der Waals surface area contributed by atoms with Gasteiger partial charge in [0, 0.05) is 30.4 Å². The quantitative estimate of drug-likeness (QED) is 0.658. The van der Waals surface area contributed by atoms with Crippen LogP contribution in [-0.4, -0.2) is 60.7 Å². The molecule has 0 saturated carbocycles. The Morgan fingerprint density at radius 1 is 1.20 bits per heavy atom. The van der Waals surface area contributed by atoms with Crippen LogP contribution in [0.25, 0.3) is 16.9 Å². The SMILES string of the molecule is COc1ccc(-c2ccn3nc(N)c(C(C)C)c3n2)cc1S(=O)(=O)N1CCOCC1. The van der Waals surface area contributed by atoms with Crippen LogP contribution in [0.2, 0.25) is 0 Å². The number of benzene rings is 1. The number of hydrogen-bond acceptors (Lipinski definition) is 7. The Morgan fingerprint density at radius 2 is 1.93 bits per heavy atom. The molecule has 0 atom stereocenters. The smallest absolute Gasteiger partial charge is 0.246 e. The van der Waals surface area contributed by atoms with Crippen LogP contribution in [0.15, 0.2) is 35.4 Å². The molecular weight excluding hydrogens is 406 g/mol. The molecule has 0 spiro atoms. The number of hydrogen-bond donors (Lipinski definition) is 1. The Kier molecular flexibility index (Phi) is 5.39. The van der Waals surface area contributed by atoms with Gasteiger partial charge in [-0.3, -0.25) is 0 Å². The van der Waals surface area contributed by atoms with Gasteiger partial charge in [-0.25, -0.2) is 17.9 Å². The number of fused-ring (bicyclic) bond motifs is 1. The van der Waals surface area contributed by atoms with E-state index in [1.54, 1.807) is 35.0 Å². The molecule has 0 aliphatic carbocycles. The summed E-state index contributed by atoms with van der Waals surface area (Å²) in [5, 5.41) is 4.31. The lowest BCUT2D eigenvalue weighted by atomic mass is 10.1. The van der Waals surface area contributed by atoms with Crippen LogP contribution in [0.5, 0.6) is 5.75 Å². The standard InChI is InChI=1S/C20H25N5O4S/c1-13(2)18-19(21)23-25-7-6-15(22-20(18)25)14-4-5-16(28-3)17(12-14)30(26,27)24-8-10-29-11-9-24/h4-7,12-13H,8-11H2,1-3H3,(H2,21,23). The second-order valence-electron chi connectivity index (χ2n) is 7.42. The molecule has 30 heavy (non-hydrogen) atoms. The largest absolute Gasteiger partial charge is 0.495 e. The molecule has 1 aromatic carbocycles. The highest BCUT2D eigenvalue weighted by Gasteiger charge is 2.29. The van der Waals surface area contributed by atoms with E-state index in [2.05, 4.69) is 5.10 Å². The summed E-state index contributed by atoms with van der Waals surface area (Å²) in [6, 6.07) is 6.85. The molecule has 0 amide bonds. The lowest BCUT2D eigenvalue weighted by molar-refractivity contribution is 0.0729. The van der Waals surface area contributed by atoms with Gasteiger partial charge in [0.1, 0.15) is 10.6 Å². The van der Waals surface area contributed by atoms with Gasteiger partial charge in [-0.1, -0.05) is 13.8 Å². The van der Waals surface area contributed by atoms with Crippen molar-refractivity contribution in [1.29, 1.82) is 0 Å². The first-order chi connectivity index (χ1) is 14.3. The first-order valence-electron chi connectivity index (χ1n) is 9.74. The van der Waals surface area contributed by atoms with Gasteiger partial charge >= 0.3 is 0 Å². The average Bonchev–Trinajstić information content (AvgIpc) is 3.09. The molecule has 0 radical (unpaired) electrons. The van der Waals surface area contributed by atoms with E-state index >= 15 is 0 Å². The molecule has 3 heterocycles. The fourth-order valence-electron chi connectivity index (χ4n) is 3.64. The number of methoxy groups -OCH3 is 1. The summed E-state index contributed by atoms with van der Waals surface area (Å²) < 4.78 is 40.2. The third kappa shape index (κ3) is 3.51. The molecule has 1 fully saturated rings. The fraction of sp³-hybridized carbons (Fsp3) is 0.400. The molecule has 0 unspecified atom stereocenters. The summed E-state index contributed by atoms with van der Waals surface area (Å²) in [4.78, 5) is 4.84. The van der Waals surface area contributed by atoms with Gasteiger partial charge in [-0.2, -0.15) is 4.31 Å². The van der Waals surface area contributed by atoms with Gasteiger partial charge in [0.05, 0.1) is 26.0 Å². The van der Waals surface area contributed by atoms with E-state index in [9.17, 15) is 8.42 Å². The van der Waals surface area contributed by atoms with Crippen molar-refractivity contribution >= 4 is 21.5 Å². The number of morpholine rings is 1. The monoisotopic (exact) mass is 431 g/mol. The first kappa shape index (κ1) is 20.6. The molecule has 1 aliphatic heterocycles. The van der Waals surface area contributed by atoms with E-state index < -0.39 is 10.0 Å². The van der Waals surface area contributed by atoms with E-state index in [1.165, 1.54) is 11.4 Å². The zero-order chi connectivity index (χ0) is 21.5. The minimum Gasteiger partial charge on any atom is -0.495 e. The molecule has 2 N–H and O–H groups in total. The predicted octanol–water partition coefficient (Wildman–Crippen LogP) is 2.13. The summed E-state index contributed by atoms with van der Waals surface area (Å²) in [6.45, 7) is 5.43. The van der Waals surface area contributed by atoms with Crippen LogP contribution in [0, 0.1) is 0 Å². The van der Waals surface area contributed by atoms with E-state index in [-0.39, 0.29) is 10.8 Å². The number of sulfonamides is 1. The van der Waals surface area contributed by atoms with Crippen LogP contribution in [0.3, 0.4) is 0 Å². The molecular formula is C20H25N5O4S. The van der Waals surface area contributed by atoms with Crippen molar-refractivity contribution in [3.05, 3.63) is 36.0 Å². The van der Waals surface area contributed by atoms with Crippen molar-refractivity contribution in [3.63, 3.8) is 0 Å². The highest BCUT2D eigenvalue weighted by Crippen LogP contribution is 2.33. The van der Waals surface area contributed by atoms with Crippen molar-refractivity contribution in [1.82, 2.24) is 18.9 Å². The second kappa shape index (κ2) is 7.86. The topological polar surface area (TPSA) is 112 Å². The third-order valence-electron chi connectivity index (χ3n) is 5.17. The highest BCUT2D eigenvalue weighted by molar-refractivity contribution is 7.89. The fourth-order valence-corrected chi connectivity index (χ4v) is 5.23. The summed E-state index contributed by atoms with van der Waals surface area (Å²) >= 11 is 0. The average molecular weight is 432 g/mol. The molecule has 1 aliphatic rings. The van der Waals surface area contributed by atoms with Crippen molar-refractivity contribution in [3.8, 4) is 17.0 Å². The predicted molar refractivity (Wildman–Crippen MR) is 113 cm³/mol. The number of nitrogens with zero attached hydrogens (tertiary/aromatic N) is 4. The zero-order valence-corrected chi connectivity index (χ0v) is 18.0. The van der Waals surface area contributed by atoms with E-state index in [0.29, 0.717) is 54.8 Å². The van der Waals surface area contributed by atoms with Crippen molar-refractivity contribution < 1.29 is 17.9 Å². The Labute approximate surface area is 175 Å². The van der Waals surface area contributed by atoms with Crippen LogP contribution in [0.1, 0.15) is 25.3 Å². The summed E-state index contributed by atoms with van der Waals surface area (Å²) in [5.74, 6) is 0.890. The molecule has 1 saturated heterocycles. The number of anilines is 1. The maximum absolute atomic E-state index is 13.2. The van der Waals surface area contributed by atoms with Gasteiger partial charge in [-0.15, -0.1) is 5.10 Å². The Bertz CT molecular complexity index is 1180. The van der Waals surface area contributed by atoms with E-state index in [1.807, 2.05) is 13.8 Å². The first-order valence-corrected chi connectivity index (χ1v) is 11.2. The number of ether oxygens (including phenoxy) is 2. The third-order valence-corrected chi connectivity index (χ3v) is 7.09. The number of nitrogens with two attached hydrogens (primary N) is 1. The normalized spacial score (nSPS) is 15.7. The van der Waals surface area contributed by atoms with Gasteiger partial charge in [-0.05, 0) is 30.2 Å². The summed E-state index contributed by atoms with van der Waals surface area (Å²) in [5.41, 5.74) is 8.89. The zero-order valence-electron chi connectivity index (χ0n) is 17.2. The van der Waals surface area contributed by atoms with Gasteiger partial charge < -0.3 is 15.2 Å². The Hall–Kier alpha value is -2.69. The number of nitrogen functional groups attached to an aromatic ring is 1. The van der Waals surface area contributed by atoms with Crippen molar-refractivity contribution in [2.45, 2.75) is 24.7 Å². The van der Waals surface area contributed by atoms with E-state index in [4.69, 9.17) is 20.2 Å². The maximum Gasteiger partial charge on any atom is 0.246 e. The number of aromatic nitrogens is 3. The van der Waals surface area contributed by atoms with Gasteiger partial charge in [0.25, 0.3) is 0 Å². The lowest BCUT2D eigenvalue weighted by Crippen LogP contribution is -2.40. The Morgan fingerprint density at radius 3 is 2.60 bits per heavy atom. The molecule has 0 bridgehead atoms. The molecule has 2 aromatic heterocycles. The van der Waals surface area contributed by atoms with Crippen molar-refractivity contribution in [2.24, 2.45) is 0 Å². The maximum atomic E-state index is 13.2. The molecule has 10 heteroatoms. The lowest BCUT2D eigenvalue weighted by Gasteiger charge is -2.26. The molecule has 160 valence electrons. The van der Waals surface area contributed by atoms with Crippen LogP contribution in [-0.2, 0) is 14.8 Å². The van der Waals surface area contributed by atoms with Crippen LogP contribution < -0.4 is 10.5 Å². The highest BCUT2D eigenvalue weighted by atomic mass is 32.2. The second-order valence-corrected chi connectivity index (χ2v) is 9.32. The van der Waals surface area contributed by atoms with Crippen molar-refractivity contribution in [2.75, 3.05) is 39.1 Å². The minimum atomic E-state index is -3.73. The van der Waals surface area contributed by atoms with Crippen LogP contribution in [0.4, 0.5) is 5.82 Å². The molecule has 3 aromatic rings. The van der Waals surface area contributed by atoms with Gasteiger partial charge in [0.15, 0.2) is 11.5 Å². The summed E-state index contributed by atoms with van der Waals surface area (Å²) in [6.07, 6.45) is 1.78. The van der Waals surface area contributed by atoms with E-state index in [0.717, 1.165) is 5.56 Å². The minimum absolute atomic E-state index is 0.114. The Balaban J connectivity index is 1.82. The molecule has 9 nitrogen and oxygen atoms in total. The molecule has 4 rings (SSSR count).